The summed E-state index contributed by atoms with van der Waals surface area (Å²) >= 11 is 0. The van der Waals surface area contributed by atoms with Crippen LogP contribution in [0.3, 0.4) is 0 Å². The van der Waals surface area contributed by atoms with Crippen LogP contribution in [0.2, 0.25) is 0 Å². The van der Waals surface area contributed by atoms with Gasteiger partial charge in [-0.2, -0.15) is 0 Å². The summed E-state index contributed by atoms with van der Waals surface area (Å²) in [6.07, 6.45) is 0.777. The van der Waals surface area contributed by atoms with E-state index in [1.165, 1.54) is 13.0 Å². The molecule has 1 fully saturated rings. The second-order valence-corrected chi connectivity index (χ2v) is 5.18. The lowest BCUT2D eigenvalue weighted by molar-refractivity contribution is -0.128. The molecule has 1 aromatic carbocycles. The van der Waals surface area contributed by atoms with Crippen molar-refractivity contribution in [3.63, 3.8) is 0 Å². The molecule has 1 heterocycles. The van der Waals surface area contributed by atoms with Crippen LogP contribution < -0.4 is 0 Å². The highest BCUT2D eigenvalue weighted by molar-refractivity contribution is 5.97. The fraction of sp³-hybridized carbons (Fsp3) is 0.467. The van der Waals surface area contributed by atoms with Gasteiger partial charge in [0.2, 0.25) is 5.91 Å². The van der Waals surface area contributed by atoms with Crippen LogP contribution in [0.5, 0.6) is 0 Å². The third kappa shape index (κ3) is 4.07. The second-order valence-electron chi connectivity index (χ2n) is 5.18. The van der Waals surface area contributed by atoms with Gasteiger partial charge >= 0.3 is 0 Å². The van der Waals surface area contributed by atoms with E-state index < -0.39 is 11.6 Å². The third-order valence-corrected chi connectivity index (χ3v) is 3.63. The van der Waals surface area contributed by atoms with Crippen LogP contribution in [0.15, 0.2) is 18.2 Å². The molecular weight excluding hydrogens is 278 g/mol. The van der Waals surface area contributed by atoms with Gasteiger partial charge in [-0.25, -0.2) is 8.78 Å². The molecule has 0 N–H and O–H groups in total. The highest BCUT2D eigenvalue weighted by Gasteiger charge is 2.20. The predicted molar refractivity (Wildman–Crippen MR) is 74.0 cm³/mol. The van der Waals surface area contributed by atoms with Gasteiger partial charge < -0.3 is 4.90 Å². The molecule has 1 saturated heterocycles. The van der Waals surface area contributed by atoms with Crippen LogP contribution in [0.1, 0.15) is 23.7 Å². The van der Waals surface area contributed by atoms with E-state index >= 15 is 0 Å². The maximum atomic E-state index is 13.6. The highest BCUT2D eigenvalue weighted by atomic mass is 19.1. The molecule has 0 aromatic heterocycles. The number of nitrogens with zero attached hydrogens (tertiary/aromatic N) is 2. The zero-order valence-corrected chi connectivity index (χ0v) is 11.9. The molecule has 2 rings (SSSR count). The van der Waals surface area contributed by atoms with Gasteiger partial charge in [-0.1, -0.05) is 0 Å². The van der Waals surface area contributed by atoms with Gasteiger partial charge in [-0.3, -0.25) is 14.5 Å². The average molecular weight is 296 g/mol. The molecule has 4 nitrogen and oxygen atoms in total. The molecule has 0 atom stereocenters. The number of rotatable bonds is 3. The predicted octanol–water partition coefficient (Wildman–Crippen LogP) is 1.70. The molecule has 0 bridgehead atoms. The Morgan fingerprint density at radius 2 is 1.90 bits per heavy atom. The molecule has 1 aromatic rings. The Morgan fingerprint density at radius 1 is 1.14 bits per heavy atom. The molecule has 1 amide bonds. The zero-order chi connectivity index (χ0) is 15.4. The summed E-state index contributed by atoms with van der Waals surface area (Å²) in [7, 11) is 0. The molecule has 21 heavy (non-hydrogen) atoms. The monoisotopic (exact) mass is 296 g/mol. The average Bonchev–Trinajstić information content (AvgIpc) is 2.64. The molecule has 1 aliphatic rings. The normalized spacial score (nSPS) is 16.6. The van der Waals surface area contributed by atoms with Gasteiger partial charge in [0.1, 0.15) is 11.6 Å². The van der Waals surface area contributed by atoms with Gasteiger partial charge in [0.15, 0.2) is 5.78 Å². The first kappa shape index (κ1) is 15.6. The molecule has 114 valence electrons. The van der Waals surface area contributed by atoms with Gasteiger partial charge in [-0.05, 0) is 18.6 Å². The summed E-state index contributed by atoms with van der Waals surface area (Å²) < 4.78 is 26.4. The summed E-state index contributed by atoms with van der Waals surface area (Å²) in [5, 5.41) is 0. The first-order valence-corrected chi connectivity index (χ1v) is 6.93. The van der Waals surface area contributed by atoms with Crippen molar-refractivity contribution < 1.29 is 18.4 Å². The number of hydrogen-bond donors (Lipinski definition) is 0. The topological polar surface area (TPSA) is 40.6 Å². The first-order valence-electron chi connectivity index (χ1n) is 6.93. The molecule has 0 aliphatic carbocycles. The van der Waals surface area contributed by atoms with Gasteiger partial charge in [-0.15, -0.1) is 0 Å². The quantitative estimate of drug-likeness (QED) is 0.797. The Kier molecular flexibility index (Phi) is 5.01. The Bertz CT molecular complexity index is 548. The van der Waals surface area contributed by atoms with Crippen molar-refractivity contribution >= 4 is 11.7 Å². The van der Waals surface area contributed by atoms with E-state index in [2.05, 4.69) is 0 Å². The van der Waals surface area contributed by atoms with Crippen molar-refractivity contribution in [3.8, 4) is 0 Å². The number of Topliss-reactive ketones (excluding diaryl/α,β-unsaturated/α-hetero) is 1. The highest BCUT2D eigenvalue weighted by Crippen LogP contribution is 2.12. The number of benzene rings is 1. The molecule has 1 aliphatic heterocycles. The van der Waals surface area contributed by atoms with Crippen LogP contribution in [-0.4, -0.2) is 54.2 Å². The van der Waals surface area contributed by atoms with E-state index in [0.717, 1.165) is 12.5 Å². The van der Waals surface area contributed by atoms with Crippen LogP contribution in [0, 0.1) is 11.6 Å². The van der Waals surface area contributed by atoms with Crippen LogP contribution in [0.25, 0.3) is 0 Å². The summed E-state index contributed by atoms with van der Waals surface area (Å²) in [5.41, 5.74) is -0.0935. The fourth-order valence-electron chi connectivity index (χ4n) is 2.45. The summed E-state index contributed by atoms with van der Waals surface area (Å²) in [6, 6.07) is 2.97. The second kappa shape index (κ2) is 6.76. The molecule has 0 unspecified atom stereocenters. The molecule has 6 heteroatoms. The minimum atomic E-state index is -0.833. The van der Waals surface area contributed by atoms with Crippen LogP contribution in [0.4, 0.5) is 8.78 Å². The van der Waals surface area contributed by atoms with E-state index in [1.54, 1.807) is 4.90 Å². The SMILES string of the molecule is CC(=O)N1CCCN(CC(=O)c2ccc(F)cc2F)CC1. The zero-order valence-electron chi connectivity index (χ0n) is 11.9. The van der Waals surface area contributed by atoms with Gasteiger partial charge in [0.25, 0.3) is 0 Å². The van der Waals surface area contributed by atoms with Crippen LogP contribution >= 0.6 is 0 Å². The minimum Gasteiger partial charge on any atom is -0.342 e. The Hall–Kier alpha value is -1.82. The van der Waals surface area contributed by atoms with Gasteiger partial charge in [0.05, 0.1) is 12.1 Å². The van der Waals surface area contributed by atoms with E-state index in [4.69, 9.17) is 0 Å². The molecule has 0 radical (unpaired) electrons. The van der Waals surface area contributed by atoms with Crippen molar-refractivity contribution in [2.45, 2.75) is 13.3 Å². The largest absolute Gasteiger partial charge is 0.342 e. The molecular formula is C15H18F2N2O2. The summed E-state index contributed by atoms with van der Waals surface area (Å²) in [5.74, 6) is -1.88. The number of ketones is 1. The maximum absolute atomic E-state index is 13.6. The molecule has 0 spiro atoms. The Morgan fingerprint density at radius 3 is 2.57 bits per heavy atom. The Labute approximate surface area is 122 Å². The number of amides is 1. The first-order chi connectivity index (χ1) is 9.97. The van der Waals surface area contributed by atoms with Crippen molar-refractivity contribution in [1.29, 1.82) is 0 Å². The van der Waals surface area contributed by atoms with E-state index in [0.29, 0.717) is 32.2 Å². The molecule has 0 saturated carbocycles. The van der Waals surface area contributed by atoms with E-state index in [-0.39, 0.29) is 23.8 Å². The minimum absolute atomic E-state index is 0.0211. The Balaban J connectivity index is 1.98. The third-order valence-electron chi connectivity index (χ3n) is 3.63. The lowest BCUT2D eigenvalue weighted by atomic mass is 10.1. The summed E-state index contributed by atoms with van der Waals surface area (Å²) in [6.45, 7) is 4.09. The van der Waals surface area contributed by atoms with E-state index in [9.17, 15) is 18.4 Å². The summed E-state index contributed by atoms with van der Waals surface area (Å²) in [4.78, 5) is 27.1. The van der Waals surface area contributed by atoms with Crippen molar-refractivity contribution in [3.05, 3.63) is 35.4 Å². The van der Waals surface area contributed by atoms with Crippen molar-refractivity contribution in [2.24, 2.45) is 0 Å². The van der Waals surface area contributed by atoms with Crippen LogP contribution in [-0.2, 0) is 4.79 Å². The van der Waals surface area contributed by atoms with Crippen molar-refractivity contribution in [1.82, 2.24) is 9.80 Å². The lowest BCUT2D eigenvalue weighted by Crippen LogP contribution is -2.35. The number of halogens is 2. The van der Waals surface area contributed by atoms with Gasteiger partial charge in [0, 0.05) is 39.2 Å². The number of hydrogen-bond acceptors (Lipinski definition) is 3. The lowest BCUT2D eigenvalue weighted by Gasteiger charge is -2.20. The standard InChI is InChI=1S/C15H18F2N2O2/c1-11(20)19-6-2-5-18(7-8-19)10-15(21)13-4-3-12(16)9-14(13)17/h3-4,9H,2,5-8,10H2,1H3. The van der Waals surface area contributed by atoms with E-state index in [1.807, 2.05) is 4.90 Å². The smallest absolute Gasteiger partial charge is 0.219 e. The number of carbonyl (C=O) groups is 2. The van der Waals surface area contributed by atoms with Crippen molar-refractivity contribution in [2.75, 3.05) is 32.7 Å². The maximum Gasteiger partial charge on any atom is 0.219 e. The fourth-order valence-corrected chi connectivity index (χ4v) is 2.45. The number of carbonyl (C=O) groups excluding carboxylic acids is 2.